The van der Waals surface area contributed by atoms with Gasteiger partial charge in [-0.1, -0.05) is 17.7 Å². The maximum atomic E-state index is 13.6. The van der Waals surface area contributed by atoms with Crippen molar-refractivity contribution in [3.8, 4) is 0 Å². The third kappa shape index (κ3) is 2.84. The van der Waals surface area contributed by atoms with E-state index >= 15 is 0 Å². The minimum Gasteiger partial charge on any atom is -0.386 e. The maximum Gasteiger partial charge on any atom is 0.340 e. The van der Waals surface area contributed by atoms with Crippen LogP contribution in [0.25, 0.3) is 0 Å². The molecule has 1 aromatic rings. The van der Waals surface area contributed by atoms with E-state index in [1.165, 1.54) is 5.56 Å². The molecule has 0 atom stereocenters. The SMILES string of the molecule is Cc1cc(C)c(N[Si](C)(C)F)c(C)c1. The molecule has 0 unspecified atom stereocenters. The van der Waals surface area contributed by atoms with Crippen LogP contribution < -0.4 is 4.98 Å². The van der Waals surface area contributed by atoms with Gasteiger partial charge in [0.2, 0.25) is 0 Å². The van der Waals surface area contributed by atoms with E-state index in [-0.39, 0.29) is 0 Å². The van der Waals surface area contributed by atoms with Gasteiger partial charge in [-0.25, -0.2) is 0 Å². The molecule has 0 saturated carbocycles. The van der Waals surface area contributed by atoms with Crippen LogP contribution in [0.15, 0.2) is 12.1 Å². The first-order chi connectivity index (χ1) is 6.29. The second-order valence-electron chi connectivity index (χ2n) is 4.37. The molecule has 0 fully saturated rings. The van der Waals surface area contributed by atoms with Crippen LogP contribution in [0.1, 0.15) is 16.7 Å². The van der Waals surface area contributed by atoms with Gasteiger partial charge in [0.15, 0.2) is 0 Å². The van der Waals surface area contributed by atoms with E-state index < -0.39 is 8.57 Å². The third-order valence-corrected chi connectivity index (χ3v) is 2.94. The summed E-state index contributed by atoms with van der Waals surface area (Å²) in [6, 6.07) is 4.16. The number of aryl methyl sites for hydroxylation is 3. The van der Waals surface area contributed by atoms with Crippen LogP contribution in [-0.2, 0) is 0 Å². The molecule has 1 aromatic carbocycles. The molecule has 0 radical (unpaired) electrons. The number of rotatable bonds is 2. The molecule has 0 aliphatic rings. The Bertz CT molecular complexity index is 319. The zero-order valence-corrected chi connectivity index (χ0v) is 10.5. The summed E-state index contributed by atoms with van der Waals surface area (Å²) in [4.78, 5) is 3.02. The van der Waals surface area contributed by atoms with Crippen molar-refractivity contribution in [1.29, 1.82) is 0 Å². The van der Waals surface area contributed by atoms with Gasteiger partial charge in [0.05, 0.1) is 0 Å². The molecule has 0 heterocycles. The molecular formula is C11H18FNSi. The monoisotopic (exact) mass is 211 g/mol. The smallest absolute Gasteiger partial charge is 0.340 e. The molecule has 0 bridgehead atoms. The Balaban J connectivity index is 3.09. The first kappa shape index (κ1) is 11.2. The van der Waals surface area contributed by atoms with Crippen molar-refractivity contribution in [3.63, 3.8) is 0 Å². The van der Waals surface area contributed by atoms with E-state index in [0.29, 0.717) is 0 Å². The lowest BCUT2D eigenvalue weighted by atomic mass is 10.1. The summed E-state index contributed by atoms with van der Waals surface area (Å²) in [5.41, 5.74) is 4.44. The third-order valence-electron chi connectivity index (χ3n) is 2.10. The summed E-state index contributed by atoms with van der Waals surface area (Å²) in [6.45, 7) is 9.41. The maximum absolute atomic E-state index is 13.6. The van der Waals surface area contributed by atoms with Crippen molar-refractivity contribution >= 4 is 14.3 Å². The standard InChI is InChI=1S/C11H18FNSi/c1-8-6-9(2)11(10(3)7-8)13-14(4,5)12/h6-7,13H,1-5H3. The van der Waals surface area contributed by atoms with Crippen molar-refractivity contribution in [1.82, 2.24) is 0 Å². The van der Waals surface area contributed by atoms with Gasteiger partial charge >= 0.3 is 8.57 Å². The quantitative estimate of drug-likeness (QED) is 0.581. The average Bonchev–Trinajstić information content (AvgIpc) is 1.95. The van der Waals surface area contributed by atoms with Crippen molar-refractivity contribution in [3.05, 3.63) is 28.8 Å². The Kier molecular flexibility index (Phi) is 3.00. The largest absolute Gasteiger partial charge is 0.386 e. The molecule has 0 saturated heterocycles. The Morgan fingerprint density at radius 3 is 1.86 bits per heavy atom. The van der Waals surface area contributed by atoms with Gasteiger partial charge in [-0.2, -0.15) is 0 Å². The van der Waals surface area contributed by atoms with Crippen molar-refractivity contribution in [2.45, 2.75) is 33.9 Å². The fourth-order valence-electron chi connectivity index (χ4n) is 1.67. The molecule has 0 spiro atoms. The van der Waals surface area contributed by atoms with Gasteiger partial charge in [-0.3, -0.25) is 4.11 Å². The number of nitrogens with one attached hydrogen (secondary N) is 1. The summed E-state index contributed by atoms with van der Waals surface area (Å²) in [5.74, 6) is 0. The highest BCUT2D eigenvalue weighted by Gasteiger charge is 2.21. The van der Waals surface area contributed by atoms with Crippen molar-refractivity contribution in [2.75, 3.05) is 4.98 Å². The summed E-state index contributed by atoms with van der Waals surface area (Å²) >= 11 is 0. The Morgan fingerprint density at radius 1 is 1.07 bits per heavy atom. The van der Waals surface area contributed by atoms with Gasteiger partial charge in [0.25, 0.3) is 0 Å². The minimum atomic E-state index is -2.73. The second-order valence-corrected chi connectivity index (χ2v) is 7.57. The first-order valence-corrected chi connectivity index (χ1v) is 7.72. The fraction of sp³-hybridized carbons (Fsp3) is 0.455. The van der Waals surface area contributed by atoms with Crippen molar-refractivity contribution in [2.24, 2.45) is 0 Å². The molecule has 0 aliphatic carbocycles. The highest BCUT2D eigenvalue weighted by molar-refractivity contribution is 6.73. The van der Waals surface area contributed by atoms with E-state index in [2.05, 4.69) is 24.0 Å². The predicted molar refractivity (Wildman–Crippen MR) is 62.9 cm³/mol. The summed E-state index contributed by atoms with van der Waals surface area (Å²) in [7, 11) is -2.73. The number of benzene rings is 1. The topological polar surface area (TPSA) is 12.0 Å². The van der Waals surface area contributed by atoms with Crippen LogP contribution in [-0.4, -0.2) is 8.57 Å². The zero-order chi connectivity index (χ0) is 10.9. The molecule has 1 N–H and O–H groups in total. The lowest BCUT2D eigenvalue weighted by molar-refractivity contribution is 0.808. The van der Waals surface area contributed by atoms with Crippen LogP contribution in [0.4, 0.5) is 9.80 Å². The highest BCUT2D eigenvalue weighted by Crippen LogP contribution is 2.24. The van der Waals surface area contributed by atoms with Gasteiger partial charge in [0.1, 0.15) is 0 Å². The van der Waals surface area contributed by atoms with Crippen LogP contribution in [0.3, 0.4) is 0 Å². The summed E-state index contributed by atoms with van der Waals surface area (Å²) in [5, 5.41) is 0. The normalized spacial score (nSPS) is 11.6. The predicted octanol–water partition coefficient (Wildman–Crippen LogP) is 3.70. The van der Waals surface area contributed by atoms with Gasteiger partial charge in [-0.15, -0.1) is 0 Å². The second kappa shape index (κ2) is 3.73. The van der Waals surface area contributed by atoms with Crippen LogP contribution >= 0.6 is 0 Å². The molecule has 0 aliphatic heterocycles. The van der Waals surface area contributed by atoms with Crippen LogP contribution in [0.2, 0.25) is 13.1 Å². The molecule has 14 heavy (non-hydrogen) atoms. The van der Waals surface area contributed by atoms with Gasteiger partial charge in [0, 0.05) is 5.69 Å². The summed E-state index contributed by atoms with van der Waals surface area (Å²) < 4.78 is 13.6. The number of hydrogen-bond donors (Lipinski definition) is 1. The first-order valence-electron chi connectivity index (χ1n) is 4.84. The van der Waals surface area contributed by atoms with Crippen LogP contribution in [0, 0.1) is 20.8 Å². The van der Waals surface area contributed by atoms with E-state index in [9.17, 15) is 4.11 Å². The molecule has 3 heteroatoms. The number of hydrogen-bond acceptors (Lipinski definition) is 1. The molecule has 0 amide bonds. The summed E-state index contributed by atoms with van der Waals surface area (Å²) in [6.07, 6.45) is 0. The van der Waals surface area contributed by atoms with E-state index in [0.717, 1.165) is 16.8 Å². The molecule has 1 rings (SSSR count). The lowest BCUT2D eigenvalue weighted by Gasteiger charge is -2.19. The molecular weight excluding hydrogens is 193 g/mol. The Hall–Kier alpha value is -0.833. The number of halogens is 1. The average molecular weight is 211 g/mol. The van der Waals surface area contributed by atoms with E-state index in [1.807, 2.05) is 13.8 Å². The van der Waals surface area contributed by atoms with Crippen molar-refractivity contribution < 1.29 is 4.11 Å². The molecule has 1 nitrogen and oxygen atoms in total. The fourth-order valence-corrected chi connectivity index (χ4v) is 2.66. The van der Waals surface area contributed by atoms with E-state index in [1.54, 1.807) is 13.1 Å². The minimum absolute atomic E-state index is 0.967. The lowest BCUT2D eigenvalue weighted by Crippen LogP contribution is -2.31. The van der Waals surface area contributed by atoms with Crippen LogP contribution in [0.5, 0.6) is 0 Å². The zero-order valence-electron chi connectivity index (χ0n) is 9.53. The van der Waals surface area contributed by atoms with Gasteiger partial charge in [-0.05, 0) is 45.0 Å². The number of anilines is 1. The Labute approximate surface area is 86.6 Å². The van der Waals surface area contributed by atoms with E-state index in [4.69, 9.17) is 0 Å². The Morgan fingerprint density at radius 2 is 1.50 bits per heavy atom. The molecule has 0 aromatic heterocycles. The van der Waals surface area contributed by atoms with Gasteiger partial charge < -0.3 is 4.98 Å². The molecule has 78 valence electrons. The highest BCUT2D eigenvalue weighted by atomic mass is 28.4.